The molecule has 3 aromatic carbocycles. The smallest absolute Gasteiger partial charge is 0.262 e. The standard InChI is InChI=1S/C25H26N2O6S/c1-18-6-8-21(9-7-18)31-15-12-26-25(28)19-4-2-5-20(16-19)27-34(29,30)22-10-11-23-24(17-22)33-14-3-13-32-23/h2,4-11,16-17,27H,3,12-15H2,1H3,(H,26,28). The molecule has 0 atom stereocenters. The maximum Gasteiger partial charge on any atom is 0.262 e. The summed E-state index contributed by atoms with van der Waals surface area (Å²) in [6.07, 6.45) is 0.724. The topological polar surface area (TPSA) is 103 Å². The van der Waals surface area contributed by atoms with Crippen molar-refractivity contribution in [2.24, 2.45) is 0 Å². The highest BCUT2D eigenvalue weighted by Gasteiger charge is 2.19. The van der Waals surface area contributed by atoms with Crippen molar-refractivity contribution in [3.8, 4) is 17.2 Å². The Labute approximate surface area is 198 Å². The molecule has 0 saturated carbocycles. The number of rotatable bonds is 8. The Morgan fingerprint density at radius 1 is 0.971 bits per heavy atom. The summed E-state index contributed by atoms with van der Waals surface area (Å²) in [5.74, 6) is 1.30. The Hall–Kier alpha value is -3.72. The van der Waals surface area contributed by atoms with E-state index in [0.717, 1.165) is 17.7 Å². The SMILES string of the molecule is Cc1ccc(OCCNC(=O)c2cccc(NS(=O)(=O)c3ccc4c(c3)OCCCO4)c2)cc1. The molecule has 1 aliphatic rings. The minimum Gasteiger partial charge on any atom is -0.492 e. The number of fused-ring (bicyclic) bond motifs is 1. The van der Waals surface area contributed by atoms with Crippen LogP contribution in [0.2, 0.25) is 0 Å². The Morgan fingerprint density at radius 2 is 1.74 bits per heavy atom. The zero-order valence-electron chi connectivity index (χ0n) is 18.7. The third-order valence-corrected chi connectivity index (χ3v) is 6.46. The second-order valence-electron chi connectivity index (χ2n) is 7.76. The molecule has 0 spiro atoms. The fraction of sp³-hybridized carbons (Fsp3) is 0.240. The van der Waals surface area contributed by atoms with Gasteiger partial charge in [0.25, 0.3) is 15.9 Å². The first kappa shape index (κ1) is 23.4. The first-order valence-electron chi connectivity index (χ1n) is 10.9. The summed E-state index contributed by atoms with van der Waals surface area (Å²) in [6.45, 7) is 3.59. The predicted octanol–water partition coefficient (Wildman–Crippen LogP) is 3.77. The predicted molar refractivity (Wildman–Crippen MR) is 128 cm³/mol. The molecule has 0 bridgehead atoms. The summed E-state index contributed by atoms with van der Waals surface area (Å²) < 4.78 is 45.1. The average Bonchev–Trinajstić information content (AvgIpc) is 3.08. The molecule has 9 heteroatoms. The summed E-state index contributed by atoms with van der Waals surface area (Å²) in [4.78, 5) is 12.5. The zero-order valence-corrected chi connectivity index (χ0v) is 19.6. The molecule has 4 rings (SSSR count). The van der Waals surface area contributed by atoms with Gasteiger partial charge in [-0.2, -0.15) is 0 Å². The van der Waals surface area contributed by atoms with E-state index in [-0.39, 0.29) is 16.5 Å². The number of hydrogen-bond donors (Lipinski definition) is 2. The van der Waals surface area contributed by atoms with E-state index in [4.69, 9.17) is 14.2 Å². The first-order valence-corrected chi connectivity index (χ1v) is 12.4. The van der Waals surface area contributed by atoms with Gasteiger partial charge in [0.1, 0.15) is 12.4 Å². The molecule has 0 unspecified atom stereocenters. The molecular weight excluding hydrogens is 456 g/mol. The Kier molecular flexibility index (Phi) is 7.22. The van der Waals surface area contributed by atoms with Crippen LogP contribution in [0.25, 0.3) is 0 Å². The lowest BCUT2D eigenvalue weighted by molar-refractivity contribution is 0.0947. The molecule has 0 saturated heterocycles. The van der Waals surface area contributed by atoms with Crippen molar-refractivity contribution in [1.82, 2.24) is 5.32 Å². The van der Waals surface area contributed by atoms with Gasteiger partial charge >= 0.3 is 0 Å². The molecule has 1 heterocycles. The van der Waals surface area contributed by atoms with Crippen molar-refractivity contribution in [2.45, 2.75) is 18.2 Å². The molecule has 0 aliphatic carbocycles. The quantitative estimate of drug-likeness (QED) is 0.474. The van der Waals surface area contributed by atoms with E-state index in [1.54, 1.807) is 24.3 Å². The third-order valence-electron chi connectivity index (χ3n) is 5.08. The van der Waals surface area contributed by atoms with E-state index < -0.39 is 10.0 Å². The number of anilines is 1. The fourth-order valence-electron chi connectivity index (χ4n) is 3.32. The van der Waals surface area contributed by atoms with Gasteiger partial charge in [-0.15, -0.1) is 0 Å². The minimum absolute atomic E-state index is 0.0415. The largest absolute Gasteiger partial charge is 0.492 e. The van der Waals surface area contributed by atoms with Crippen LogP contribution in [0.3, 0.4) is 0 Å². The van der Waals surface area contributed by atoms with Gasteiger partial charge in [-0.05, 0) is 49.4 Å². The molecule has 0 radical (unpaired) electrons. The molecule has 2 N–H and O–H groups in total. The summed E-state index contributed by atoms with van der Waals surface area (Å²) in [5.41, 5.74) is 1.74. The van der Waals surface area contributed by atoms with Crippen LogP contribution >= 0.6 is 0 Å². The van der Waals surface area contributed by atoms with Crippen molar-refractivity contribution in [2.75, 3.05) is 31.1 Å². The molecular formula is C25H26N2O6S. The first-order chi connectivity index (χ1) is 16.4. The molecule has 1 amide bonds. The normalized spacial score (nSPS) is 13.0. The highest BCUT2D eigenvalue weighted by molar-refractivity contribution is 7.92. The second kappa shape index (κ2) is 10.5. The van der Waals surface area contributed by atoms with Gasteiger partial charge in [0.2, 0.25) is 0 Å². The van der Waals surface area contributed by atoms with Gasteiger partial charge in [-0.3, -0.25) is 9.52 Å². The van der Waals surface area contributed by atoms with Crippen LogP contribution in [0.5, 0.6) is 17.2 Å². The van der Waals surface area contributed by atoms with Crippen LogP contribution in [-0.4, -0.2) is 40.7 Å². The van der Waals surface area contributed by atoms with E-state index in [0.29, 0.717) is 43.4 Å². The van der Waals surface area contributed by atoms with Crippen LogP contribution in [0, 0.1) is 6.92 Å². The number of benzene rings is 3. The lowest BCUT2D eigenvalue weighted by Gasteiger charge is -2.12. The number of ether oxygens (including phenoxy) is 3. The number of hydrogen-bond acceptors (Lipinski definition) is 6. The highest BCUT2D eigenvalue weighted by Crippen LogP contribution is 2.32. The van der Waals surface area contributed by atoms with Crippen molar-refractivity contribution in [3.63, 3.8) is 0 Å². The van der Waals surface area contributed by atoms with E-state index >= 15 is 0 Å². The number of carbonyl (C=O) groups is 1. The van der Waals surface area contributed by atoms with Crippen molar-refractivity contribution >= 4 is 21.6 Å². The molecule has 34 heavy (non-hydrogen) atoms. The molecule has 0 fully saturated rings. The van der Waals surface area contributed by atoms with E-state index in [1.165, 1.54) is 18.2 Å². The number of sulfonamides is 1. The van der Waals surface area contributed by atoms with Gasteiger partial charge in [0.05, 0.1) is 24.7 Å². The summed E-state index contributed by atoms with van der Waals surface area (Å²) in [7, 11) is -3.89. The lowest BCUT2D eigenvalue weighted by Crippen LogP contribution is -2.28. The minimum atomic E-state index is -3.89. The number of carbonyl (C=O) groups excluding carboxylic acids is 1. The molecule has 1 aliphatic heterocycles. The van der Waals surface area contributed by atoms with Crippen LogP contribution < -0.4 is 24.2 Å². The number of amides is 1. The lowest BCUT2D eigenvalue weighted by atomic mass is 10.2. The highest BCUT2D eigenvalue weighted by atomic mass is 32.2. The fourth-order valence-corrected chi connectivity index (χ4v) is 4.38. The van der Waals surface area contributed by atoms with Crippen LogP contribution in [0.1, 0.15) is 22.3 Å². The van der Waals surface area contributed by atoms with Gasteiger partial charge in [0.15, 0.2) is 11.5 Å². The Morgan fingerprint density at radius 3 is 2.53 bits per heavy atom. The maximum atomic E-state index is 12.9. The summed E-state index contributed by atoms with van der Waals surface area (Å²) in [5, 5.41) is 2.77. The van der Waals surface area contributed by atoms with E-state index in [9.17, 15) is 13.2 Å². The maximum absolute atomic E-state index is 12.9. The van der Waals surface area contributed by atoms with Crippen molar-refractivity contribution < 1.29 is 27.4 Å². The second-order valence-corrected chi connectivity index (χ2v) is 9.45. The Balaban J connectivity index is 1.36. The molecule has 178 valence electrons. The Bertz CT molecular complexity index is 1260. The van der Waals surface area contributed by atoms with Crippen molar-refractivity contribution in [3.05, 3.63) is 77.9 Å². The number of nitrogens with one attached hydrogen (secondary N) is 2. The summed E-state index contributed by atoms with van der Waals surface area (Å²) >= 11 is 0. The van der Waals surface area contributed by atoms with Crippen LogP contribution in [-0.2, 0) is 10.0 Å². The third kappa shape index (κ3) is 5.99. The van der Waals surface area contributed by atoms with Gasteiger partial charge in [-0.1, -0.05) is 23.8 Å². The van der Waals surface area contributed by atoms with Gasteiger partial charge < -0.3 is 19.5 Å². The van der Waals surface area contributed by atoms with E-state index in [2.05, 4.69) is 10.0 Å². The van der Waals surface area contributed by atoms with Gasteiger partial charge in [0, 0.05) is 23.7 Å². The molecule has 8 nitrogen and oxygen atoms in total. The van der Waals surface area contributed by atoms with Crippen LogP contribution in [0.15, 0.2) is 71.6 Å². The monoisotopic (exact) mass is 482 g/mol. The van der Waals surface area contributed by atoms with Gasteiger partial charge in [-0.25, -0.2) is 8.42 Å². The van der Waals surface area contributed by atoms with Crippen LogP contribution in [0.4, 0.5) is 5.69 Å². The molecule has 0 aromatic heterocycles. The summed E-state index contributed by atoms with van der Waals surface area (Å²) in [6, 6.07) is 18.4. The number of aryl methyl sites for hydroxylation is 1. The average molecular weight is 483 g/mol. The van der Waals surface area contributed by atoms with Crippen molar-refractivity contribution in [1.29, 1.82) is 0 Å². The van der Waals surface area contributed by atoms with E-state index in [1.807, 2.05) is 31.2 Å². The molecule has 3 aromatic rings. The zero-order chi connectivity index (χ0) is 24.0.